The largest absolute Gasteiger partial charge is 0.478 e. The lowest BCUT2D eigenvalue weighted by Gasteiger charge is -2.40. The maximum atomic E-state index is 13.2. The van der Waals surface area contributed by atoms with Gasteiger partial charge >= 0.3 is 13.6 Å². The van der Waals surface area contributed by atoms with Crippen molar-refractivity contribution in [1.82, 2.24) is 9.34 Å². The third kappa shape index (κ3) is 3.58. The maximum Gasteiger partial charge on any atom is 0.346 e. The van der Waals surface area contributed by atoms with Crippen LogP contribution in [0, 0.1) is 0 Å². The fourth-order valence-electron chi connectivity index (χ4n) is 2.61. The Bertz CT molecular complexity index is 557. The molecule has 0 spiro atoms. The molecule has 1 unspecified atom stereocenters. The first-order valence-electron chi connectivity index (χ1n) is 7.59. The molecule has 1 aromatic carbocycles. The third-order valence-corrected chi connectivity index (χ3v) is 6.69. The summed E-state index contributed by atoms with van der Waals surface area (Å²) < 4.78 is 22.7. The van der Waals surface area contributed by atoms with E-state index in [1.807, 2.05) is 23.2 Å². The molecule has 122 valence electrons. The predicted octanol–water partition coefficient (Wildman–Crippen LogP) is 3.06. The molecule has 0 aliphatic carbocycles. The number of carboxylic acids is 1. The van der Waals surface area contributed by atoms with Crippen molar-refractivity contribution in [3.63, 3.8) is 0 Å². The van der Waals surface area contributed by atoms with E-state index >= 15 is 0 Å². The normalized spacial score (nSPS) is 22.9. The molecule has 1 aliphatic rings. The average Bonchev–Trinajstić information content (AvgIpc) is 2.51. The standard InChI is InChI=1S/C15H23N2O4P/c1-3-16(4-2)22(20)17(10-5-11-21-22)12-13-6-8-14(9-7-13)15(18)19/h6-9H,3-5,10-12H2,1-2H3,(H,18,19). The highest BCUT2D eigenvalue weighted by Crippen LogP contribution is 2.56. The molecular formula is C15H23N2O4P. The van der Waals surface area contributed by atoms with Crippen LogP contribution in [0.4, 0.5) is 0 Å². The second kappa shape index (κ2) is 7.38. The fraction of sp³-hybridized carbons (Fsp3) is 0.533. The van der Waals surface area contributed by atoms with Crippen LogP contribution in [-0.4, -0.2) is 46.7 Å². The topological polar surface area (TPSA) is 70.1 Å². The van der Waals surface area contributed by atoms with Crippen molar-refractivity contribution in [3.8, 4) is 0 Å². The summed E-state index contributed by atoms with van der Waals surface area (Å²) >= 11 is 0. The van der Waals surface area contributed by atoms with Crippen LogP contribution in [0.5, 0.6) is 0 Å². The van der Waals surface area contributed by atoms with E-state index in [1.165, 1.54) is 0 Å². The van der Waals surface area contributed by atoms with Crippen LogP contribution in [0.25, 0.3) is 0 Å². The number of rotatable bonds is 6. The average molecular weight is 326 g/mol. The van der Waals surface area contributed by atoms with Crippen molar-refractivity contribution in [2.75, 3.05) is 26.2 Å². The second-order valence-corrected chi connectivity index (χ2v) is 7.58. The highest BCUT2D eigenvalue weighted by molar-refractivity contribution is 7.54. The third-order valence-electron chi connectivity index (χ3n) is 3.83. The maximum absolute atomic E-state index is 13.2. The Morgan fingerprint density at radius 1 is 1.32 bits per heavy atom. The summed E-state index contributed by atoms with van der Waals surface area (Å²) in [5, 5.41) is 8.94. The minimum absolute atomic E-state index is 0.255. The molecule has 0 bridgehead atoms. The van der Waals surface area contributed by atoms with E-state index in [9.17, 15) is 9.36 Å². The molecule has 0 amide bonds. The molecule has 1 atom stereocenters. The van der Waals surface area contributed by atoms with Crippen molar-refractivity contribution in [1.29, 1.82) is 0 Å². The zero-order valence-corrected chi connectivity index (χ0v) is 14.0. The number of carboxylic acid groups (broad SMARTS) is 1. The lowest BCUT2D eigenvalue weighted by molar-refractivity contribution is 0.0696. The number of nitrogens with zero attached hydrogens (tertiary/aromatic N) is 2. The van der Waals surface area contributed by atoms with Crippen LogP contribution in [0.2, 0.25) is 0 Å². The van der Waals surface area contributed by atoms with Gasteiger partial charge in [-0.05, 0) is 24.1 Å². The van der Waals surface area contributed by atoms with E-state index in [1.54, 1.807) is 24.3 Å². The first-order chi connectivity index (χ1) is 10.5. The van der Waals surface area contributed by atoms with Crippen LogP contribution in [-0.2, 0) is 15.6 Å². The Kier molecular flexibility index (Phi) is 5.75. The van der Waals surface area contributed by atoms with E-state index in [0.29, 0.717) is 32.8 Å². The highest BCUT2D eigenvalue weighted by Gasteiger charge is 2.39. The summed E-state index contributed by atoms with van der Waals surface area (Å²) in [5.41, 5.74) is 1.19. The van der Waals surface area contributed by atoms with Crippen LogP contribution in [0.1, 0.15) is 36.2 Å². The zero-order chi connectivity index (χ0) is 16.2. The molecule has 2 rings (SSSR count). The number of hydrogen-bond acceptors (Lipinski definition) is 3. The summed E-state index contributed by atoms with van der Waals surface area (Å²) in [4.78, 5) is 10.9. The predicted molar refractivity (Wildman–Crippen MR) is 84.9 cm³/mol. The van der Waals surface area contributed by atoms with Crippen LogP contribution < -0.4 is 0 Å². The van der Waals surface area contributed by atoms with Gasteiger partial charge in [-0.15, -0.1) is 0 Å². The Morgan fingerprint density at radius 2 is 1.95 bits per heavy atom. The second-order valence-electron chi connectivity index (χ2n) is 5.21. The monoisotopic (exact) mass is 326 g/mol. The van der Waals surface area contributed by atoms with Gasteiger partial charge in [0.05, 0.1) is 12.2 Å². The molecule has 1 fully saturated rings. The first-order valence-corrected chi connectivity index (χ1v) is 9.12. The van der Waals surface area contributed by atoms with Crippen LogP contribution in [0.15, 0.2) is 24.3 Å². The summed E-state index contributed by atoms with van der Waals surface area (Å²) in [6, 6.07) is 6.69. The van der Waals surface area contributed by atoms with E-state index in [2.05, 4.69) is 0 Å². The van der Waals surface area contributed by atoms with Crippen molar-refractivity contribution in [2.24, 2.45) is 0 Å². The molecule has 0 saturated carbocycles. The molecule has 1 heterocycles. The van der Waals surface area contributed by atoms with Gasteiger partial charge in [0.1, 0.15) is 0 Å². The molecule has 1 N–H and O–H groups in total. The molecule has 1 aromatic rings. The molecule has 7 heteroatoms. The van der Waals surface area contributed by atoms with Gasteiger partial charge in [0.15, 0.2) is 0 Å². The highest BCUT2D eigenvalue weighted by atomic mass is 31.2. The fourth-order valence-corrected chi connectivity index (χ4v) is 5.11. The Labute approximate surface area is 131 Å². The first kappa shape index (κ1) is 17.2. The zero-order valence-electron chi connectivity index (χ0n) is 13.1. The van der Waals surface area contributed by atoms with Gasteiger partial charge in [-0.1, -0.05) is 26.0 Å². The van der Waals surface area contributed by atoms with E-state index in [-0.39, 0.29) is 5.56 Å². The van der Waals surface area contributed by atoms with Crippen LogP contribution >= 0.6 is 7.67 Å². The van der Waals surface area contributed by atoms with E-state index in [4.69, 9.17) is 9.63 Å². The summed E-state index contributed by atoms with van der Waals surface area (Å²) in [6.45, 7) is 7.01. The number of carbonyl (C=O) groups is 1. The number of aromatic carboxylic acids is 1. The molecule has 0 radical (unpaired) electrons. The summed E-state index contributed by atoms with van der Waals surface area (Å²) in [6.07, 6.45) is 0.846. The minimum atomic E-state index is -2.98. The minimum Gasteiger partial charge on any atom is -0.478 e. The summed E-state index contributed by atoms with van der Waals surface area (Å²) in [5.74, 6) is -0.943. The molecule has 6 nitrogen and oxygen atoms in total. The lowest BCUT2D eigenvalue weighted by atomic mass is 10.1. The molecule has 1 saturated heterocycles. The van der Waals surface area contributed by atoms with Crippen molar-refractivity contribution >= 4 is 13.6 Å². The van der Waals surface area contributed by atoms with Crippen molar-refractivity contribution in [3.05, 3.63) is 35.4 Å². The van der Waals surface area contributed by atoms with E-state index in [0.717, 1.165) is 12.0 Å². The van der Waals surface area contributed by atoms with Gasteiger partial charge in [0.25, 0.3) is 0 Å². The van der Waals surface area contributed by atoms with Gasteiger partial charge in [-0.25, -0.2) is 14.1 Å². The number of benzene rings is 1. The van der Waals surface area contributed by atoms with Gasteiger partial charge < -0.3 is 9.63 Å². The van der Waals surface area contributed by atoms with Crippen molar-refractivity contribution < 1.29 is 19.0 Å². The van der Waals surface area contributed by atoms with E-state index < -0.39 is 13.6 Å². The molecule has 22 heavy (non-hydrogen) atoms. The number of hydrogen-bond donors (Lipinski definition) is 1. The molecular weight excluding hydrogens is 303 g/mol. The van der Waals surface area contributed by atoms with Crippen LogP contribution in [0.3, 0.4) is 0 Å². The van der Waals surface area contributed by atoms with Crippen molar-refractivity contribution in [2.45, 2.75) is 26.8 Å². The SMILES string of the molecule is CCN(CC)P1(=O)OCCCN1Cc1ccc(C(=O)O)cc1. The summed E-state index contributed by atoms with van der Waals surface area (Å²) in [7, 11) is -2.98. The van der Waals surface area contributed by atoms with Gasteiger partial charge in [-0.3, -0.25) is 4.57 Å². The Balaban J connectivity index is 2.18. The quantitative estimate of drug-likeness (QED) is 0.810. The lowest BCUT2D eigenvalue weighted by Crippen LogP contribution is -2.37. The van der Waals surface area contributed by atoms with Gasteiger partial charge in [-0.2, -0.15) is 0 Å². The smallest absolute Gasteiger partial charge is 0.346 e. The molecule has 0 aromatic heterocycles. The van der Waals surface area contributed by atoms with Gasteiger partial charge in [0.2, 0.25) is 0 Å². The Hall–Kier alpha value is -1.20. The Morgan fingerprint density at radius 3 is 2.50 bits per heavy atom. The van der Waals surface area contributed by atoms with Gasteiger partial charge in [0, 0.05) is 26.2 Å². The molecule has 1 aliphatic heterocycles.